The van der Waals surface area contributed by atoms with E-state index in [-0.39, 0.29) is 5.82 Å². The molecule has 0 amide bonds. The zero-order valence-electron chi connectivity index (χ0n) is 11.2. The van der Waals surface area contributed by atoms with Crippen molar-refractivity contribution in [2.45, 2.75) is 19.3 Å². The van der Waals surface area contributed by atoms with Crippen molar-refractivity contribution < 1.29 is 13.9 Å². The molecule has 18 heavy (non-hydrogen) atoms. The quantitative estimate of drug-likeness (QED) is 0.687. The van der Waals surface area contributed by atoms with Gasteiger partial charge in [-0.25, -0.2) is 4.39 Å². The van der Waals surface area contributed by atoms with Crippen molar-refractivity contribution in [3.05, 3.63) is 29.6 Å². The van der Waals surface area contributed by atoms with E-state index in [0.717, 1.165) is 44.5 Å². The van der Waals surface area contributed by atoms with Crippen molar-refractivity contribution >= 4 is 0 Å². The summed E-state index contributed by atoms with van der Waals surface area (Å²) in [7, 11) is 3.17. The summed E-state index contributed by atoms with van der Waals surface area (Å²) in [6, 6.07) is 5.15. The van der Waals surface area contributed by atoms with Crippen molar-refractivity contribution in [3.8, 4) is 5.75 Å². The topological polar surface area (TPSA) is 30.5 Å². The minimum atomic E-state index is -0.284. The first-order chi connectivity index (χ1) is 8.77. The molecule has 0 bridgehead atoms. The lowest BCUT2D eigenvalue weighted by atomic mass is 10.1. The van der Waals surface area contributed by atoms with Gasteiger partial charge in [0.15, 0.2) is 11.6 Å². The van der Waals surface area contributed by atoms with Crippen LogP contribution < -0.4 is 10.1 Å². The molecular formula is C14H22FNO2. The largest absolute Gasteiger partial charge is 0.494 e. The molecule has 0 spiro atoms. The number of unbranched alkanes of at least 4 members (excludes halogenated alkanes) is 1. The zero-order chi connectivity index (χ0) is 13.2. The maximum Gasteiger partial charge on any atom is 0.165 e. The van der Waals surface area contributed by atoms with E-state index in [0.29, 0.717) is 5.75 Å². The highest BCUT2D eigenvalue weighted by Crippen LogP contribution is 2.18. The Labute approximate surface area is 108 Å². The summed E-state index contributed by atoms with van der Waals surface area (Å²) in [4.78, 5) is 0. The number of aryl methyl sites for hydroxylation is 1. The molecule has 1 aromatic rings. The number of halogens is 1. The van der Waals surface area contributed by atoms with Crippen molar-refractivity contribution in [3.63, 3.8) is 0 Å². The normalized spacial score (nSPS) is 10.6. The fraction of sp³-hybridized carbons (Fsp3) is 0.571. The number of hydrogen-bond acceptors (Lipinski definition) is 3. The summed E-state index contributed by atoms with van der Waals surface area (Å²) < 4.78 is 23.2. The summed E-state index contributed by atoms with van der Waals surface area (Å²) in [5, 5.41) is 3.28. The van der Waals surface area contributed by atoms with E-state index in [1.54, 1.807) is 19.2 Å². The molecule has 0 aliphatic heterocycles. The number of methoxy groups -OCH3 is 2. The molecule has 0 aliphatic rings. The Hall–Kier alpha value is -1.13. The molecule has 0 radical (unpaired) electrons. The standard InChI is InChI=1S/C14H22FNO2/c1-17-10-9-16-8-4-3-5-12-6-7-14(18-2)13(15)11-12/h6-7,11,16H,3-5,8-10H2,1-2H3. The molecule has 1 N–H and O–H groups in total. The van der Waals surface area contributed by atoms with Gasteiger partial charge in [0.1, 0.15) is 0 Å². The Balaban J connectivity index is 2.17. The van der Waals surface area contributed by atoms with Gasteiger partial charge >= 0.3 is 0 Å². The van der Waals surface area contributed by atoms with Gasteiger partial charge in [-0.05, 0) is 43.5 Å². The lowest BCUT2D eigenvalue weighted by Crippen LogP contribution is -2.20. The van der Waals surface area contributed by atoms with Crippen LogP contribution in [0.3, 0.4) is 0 Å². The maximum absolute atomic E-state index is 13.4. The molecule has 0 atom stereocenters. The Morgan fingerprint density at radius 2 is 2.00 bits per heavy atom. The van der Waals surface area contributed by atoms with Gasteiger partial charge in [-0.1, -0.05) is 6.07 Å². The molecule has 0 unspecified atom stereocenters. The lowest BCUT2D eigenvalue weighted by molar-refractivity contribution is 0.199. The molecule has 4 heteroatoms. The van der Waals surface area contributed by atoms with Crippen molar-refractivity contribution in [1.29, 1.82) is 0 Å². The molecular weight excluding hydrogens is 233 g/mol. The summed E-state index contributed by atoms with van der Waals surface area (Å²) in [5.41, 5.74) is 1.02. The van der Waals surface area contributed by atoms with E-state index in [9.17, 15) is 4.39 Å². The molecule has 1 aromatic carbocycles. The Bertz CT molecular complexity index is 345. The molecule has 0 aliphatic carbocycles. The van der Waals surface area contributed by atoms with Crippen LogP contribution in [0.15, 0.2) is 18.2 Å². The van der Waals surface area contributed by atoms with Crippen molar-refractivity contribution in [2.24, 2.45) is 0 Å². The number of ether oxygens (including phenoxy) is 2. The highest BCUT2D eigenvalue weighted by molar-refractivity contribution is 5.29. The van der Waals surface area contributed by atoms with E-state index in [1.165, 1.54) is 7.11 Å². The van der Waals surface area contributed by atoms with Crippen LogP contribution in [0.2, 0.25) is 0 Å². The Kier molecular flexibility index (Phi) is 7.37. The highest BCUT2D eigenvalue weighted by Gasteiger charge is 2.02. The number of nitrogens with one attached hydrogen (secondary N) is 1. The first kappa shape index (κ1) is 14.9. The summed E-state index contributed by atoms with van der Waals surface area (Å²) in [5.74, 6) is 0.0215. The minimum absolute atomic E-state index is 0.284. The van der Waals surface area contributed by atoms with Crippen LogP contribution in [0.25, 0.3) is 0 Å². The monoisotopic (exact) mass is 255 g/mol. The molecule has 1 rings (SSSR count). The summed E-state index contributed by atoms with van der Waals surface area (Å²) >= 11 is 0. The zero-order valence-corrected chi connectivity index (χ0v) is 11.2. The average molecular weight is 255 g/mol. The maximum atomic E-state index is 13.4. The number of rotatable bonds is 9. The Morgan fingerprint density at radius 3 is 2.67 bits per heavy atom. The van der Waals surface area contributed by atoms with Crippen LogP contribution in [0, 0.1) is 5.82 Å². The summed E-state index contributed by atoms with van der Waals surface area (Å²) in [6.07, 6.45) is 3.02. The van der Waals surface area contributed by atoms with Crippen LogP contribution >= 0.6 is 0 Å². The molecule has 0 saturated carbocycles. The Morgan fingerprint density at radius 1 is 1.17 bits per heavy atom. The van der Waals surface area contributed by atoms with Crippen molar-refractivity contribution in [2.75, 3.05) is 33.9 Å². The number of hydrogen-bond donors (Lipinski definition) is 1. The second-order valence-electron chi connectivity index (χ2n) is 4.17. The van der Waals surface area contributed by atoms with E-state index in [4.69, 9.17) is 9.47 Å². The first-order valence-electron chi connectivity index (χ1n) is 6.30. The van der Waals surface area contributed by atoms with Gasteiger partial charge in [-0.2, -0.15) is 0 Å². The third-order valence-electron chi connectivity index (χ3n) is 2.77. The summed E-state index contributed by atoms with van der Waals surface area (Å²) in [6.45, 7) is 2.60. The van der Waals surface area contributed by atoms with Gasteiger partial charge in [0, 0.05) is 13.7 Å². The smallest absolute Gasteiger partial charge is 0.165 e. The highest BCUT2D eigenvalue weighted by atomic mass is 19.1. The fourth-order valence-electron chi connectivity index (χ4n) is 1.74. The fourth-order valence-corrected chi connectivity index (χ4v) is 1.74. The van der Waals surface area contributed by atoms with Crippen molar-refractivity contribution in [1.82, 2.24) is 5.32 Å². The second-order valence-corrected chi connectivity index (χ2v) is 4.17. The van der Waals surface area contributed by atoms with Gasteiger partial charge in [-0.3, -0.25) is 0 Å². The third-order valence-corrected chi connectivity index (χ3v) is 2.77. The lowest BCUT2D eigenvalue weighted by Gasteiger charge is -2.06. The minimum Gasteiger partial charge on any atom is -0.494 e. The van der Waals surface area contributed by atoms with E-state index in [1.807, 2.05) is 6.07 Å². The van der Waals surface area contributed by atoms with E-state index < -0.39 is 0 Å². The molecule has 3 nitrogen and oxygen atoms in total. The molecule has 0 saturated heterocycles. The molecule has 0 aromatic heterocycles. The second kappa shape index (κ2) is 8.89. The van der Waals surface area contributed by atoms with Gasteiger partial charge < -0.3 is 14.8 Å². The molecule has 0 heterocycles. The van der Waals surface area contributed by atoms with E-state index in [2.05, 4.69) is 5.32 Å². The van der Waals surface area contributed by atoms with E-state index >= 15 is 0 Å². The SMILES string of the molecule is COCCNCCCCc1ccc(OC)c(F)c1. The van der Waals surface area contributed by atoms with Crippen LogP contribution in [-0.4, -0.2) is 33.9 Å². The molecule has 0 fully saturated rings. The van der Waals surface area contributed by atoms with Gasteiger partial charge in [0.25, 0.3) is 0 Å². The predicted octanol–water partition coefficient (Wildman–Crippen LogP) is 2.39. The first-order valence-corrected chi connectivity index (χ1v) is 6.30. The average Bonchev–Trinajstić information content (AvgIpc) is 2.38. The third kappa shape index (κ3) is 5.47. The predicted molar refractivity (Wildman–Crippen MR) is 70.6 cm³/mol. The van der Waals surface area contributed by atoms with Crippen LogP contribution in [-0.2, 0) is 11.2 Å². The van der Waals surface area contributed by atoms with Gasteiger partial charge in [0.05, 0.1) is 13.7 Å². The molecule has 102 valence electrons. The van der Waals surface area contributed by atoms with Crippen LogP contribution in [0.1, 0.15) is 18.4 Å². The number of benzene rings is 1. The van der Waals surface area contributed by atoms with Crippen LogP contribution in [0.5, 0.6) is 5.75 Å². The van der Waals surface area contributed by atoms with Gasteiger partial charge in [-0.15, -0.1) is 0 Å². The van der Waals surface area contributed by atoms with Crippen LogP contribution in [0.4, 0.5) is 4.39 Å². The van der Waals surface area contributed by atoms with Gasteiger partial charge in [0.2, 0.25) is 0 Å².